The van der Waals surface area contributed by atoms with Crippen molar-refractivity contribution in [1.29, 1.82) is 0 Å². The summed E-state index contributed by atoms with van der Waals surface area (Å²) in [7, 11) is 0. The highest BCUT2D eigenvalue weighted by molar-refractivity contribution is 9.10. The molecule has 2 aromatic rings. The normalized spacial score (nSPS) is 19.5. The first kappa shape index (κ1) is 14.9. The molecule has 2 atom stereocenters. The van der Waals surface area contributed by atoms with E-state index in [4.69, 9.17) is 9.47 Å². The van der Waals surface area contributed by atoms with E-state index >= 15 is 0 Å². The van der Waals surface area contributed by atoms with Crippen LogP contribution in [0.25, 0.3) is 0 Å². The minimum absolute atomic E-state index is 0.179. The van der Waals surface area contributed by atoms with E-state index in [1.54, 1.807) is 6.07 Å². The van der Waals surface area contributed by atoms with E-state index in [0.717, 1.165) is 10.0 Å². The second-order valence-corrected chi connectivity index (χ2v) is 6.07. The number of benzene rings is 2. The maximum atomic E-state index is 12.3. The fraction of sp³-hybridized carbons (Fsp3) is 0.235. The molecule has 0 saturated carbocycles. The molecule has 1 aliphatic rings. The Hall–Kier alpha value is -2.01. The molecule has 0 aromatic heterocycles. The van der Waals surface area contributed by atoms with Crippen LogP contribution in [-0.4, -0.2) is 18.1 Å². The molecule has 2 unspecified atom stereocenters. The van der Waals surface area contributed by atoms with Crippen molar-refractivity contribution in [3.63, 3.8) is 0 Å². The average Bonchev–Trinajstić information content (AvgIpc) is 2.52. The van der Waals surface area contributed by atoms with Gasteiger partial charge in [0.15, 0.2) is 11.5 Å². The van der Waals surface area contributed by atoms with Crippen LogP contribution in [0.2, 0.25) is 0 Å². The number of halogens is 1. The lowest BCUT2D eigenvalue weighted by atomic mass is 10.1. The summed E-state index contributed by atoms with van der Waals surface area (Å²) in [5.41, 5.74) is 1.02. The van der Waals surface area contributed by atoms with Gasteiger partial charge in [0.1, 0.15) is 6.10 Å². The van der Waals surface area contributed by atoms with Gasteiger partial charge in [0.2, 0.25) is 6.10 Å². The van der Waals surface area contributed by atoms with Crippen molar-refractivity contribution in [2.45, 2.75) is 25.7 Å². The summed E-state index contributed by atoms with van der Waals surface area (Å²) in [6.07, 6.45) is -0.987. The van der Waals surface area contributed by atoms with Crippen LogP contribution in [0.4, 0.5) is 0 Å². The van der Waals surface area contributed by atoms with Crippen molar-refractivity contribution in [2.75, 3.05) is 0 Å². The third-order valence-electron chi connectivity index (χ3n) is 3.46. The predicted octanol–water partition coefficient (Wildman–Crippen LogP) is 3.29. The predicted molar refractivity (Wildman–Crippen MR) is 86.9 cm³/mol. The number of fused-ring (bicyclic) bond motifs is 1. The van der Waals surface area contributed by atoms with Crippen molar-refractivity contribution < 1.29 is 14.3 Å². The SMILES string of the molecule is CC1Oc2ccccc2OC1C(=O)NCc1cccc(Br)c1. The summed E-state index contributed by atoms with van der Waals surface area (Å²) in [6.45, 7) is 2.28. The second-order valence-electron chi connectivity index (χ2n) is 5.16. The van der Waals surface area contributed by atoms with Gasteiger partial charge >= 0.3 is 0 Å². The Morgan fingerprint density at radius 3 is 2.59 bits per heavy atom. The molecule has 114 valence electrons. The molecular formula is C17H16BrNO3. The monoisotopic (exact) mass is 361 g/mol. The second kappa shape index (κ2) is 6.40. The van der Waals surface area contributed by atoms with Crippen LogP contribution in [0.3, 0.4) is 0 Å². The third-order valence-corrected chi connectivity index (χ3v) is 3.95. The van der Waals surface area contributed by atoms with Gasteiger partial charge in [0, 0.05) is 11.0 Å². The summed E-state index contributed by atoms with van der Waals surface area (Å²) < 4.78 is 12.5. The maximum absolute atomic E-state index is 12.3. The quantitative estimate of drug-likeness (QED) is 0.912. The first-order valence-electron chi connectivity index (χ1n) is 7.08. The molecule has 4 nitrogen and oxygen atoms in total. The summed E-state index contributed by atoms with van der Waals surface area (Å²) in [5, 5.41) is 2.89. The van der Waals surface area contributed by atoms with E-state index < -0.39 is 6.10 Å². The molecule has 0 bridgehead atoms. The zero-order valence-electron chi connectivity index (χ0n) is 12.1. The summed E-state index contributed by atoms with van der Waals surface area (Å²) >= 11 is 3.42. The Balaban J connectivity index is 1.65. The molecule has 0 spiro atoms. The van der Waals surface area contributed by atoms with Crippen LogP contribution in [0.5, 0.6) is 11.5 Å². The van der Waals surface area contributed by atoms with Crippen LogP contribution in [-0.2, 0) is 11.3 Å². The molecule has 1 amide bonds. The smallest absolute Gasteiger partial charge is 0.265 e. The van der Waals surface area contributed by atoms with Crippen LogP contribution in [0.1, 0.15) is 12.5 Å². The minimum atomic E-state index is -0.651. The number of ether oxygens (including phenoxy) is 2. The zero-order valence-corrected chi connectivity index (χ0v) is 13.7. The Bertz CT molecular complexity index is 689. The molecule has 1 aliphatic heterocycles. The van der Waals surface area contributed by atoms with Gasteiger partial charge in [0.05, 0.1) is 0 Å². The summed E-state index contributed by atoms with van der Waals surface area (Å²) in [6, 6.07) is 15.2. The molecule has 5 heteroatoms. The number of nitrogens with one attached hydrogen (secondary N) is 1. The van der Waals surface area contributed by atoms with Gasteiger partial charge in [0.25, 0.3) is 5.91 Å². The van der Waals surface area contributed by atoms with E-state index in [2.05, 4.69) is 21.2 Å². The van der Waals surface area contributed by atoms with E-state index in [-0.39, 0.29) is 12.0 Å². The highest BCUT2D eigenvalue weighted by Crippen LogP contribution is 2.33. The van der Waals surface area contributed by atoms with Crippen LogP contribution in [0, 0.1) is 0 Å². The van der Waals surface area contributed by atoms with Gasteiger partial charge in [-0.05, 0) is 36.8 Å². The largest absolute Gasteiger partial charge is 0.482 e. The molecule has 22 heavy (non-hydrogen) atoms. The number of hydrogen-bond donors (Lipinski definition) is 1. The molecule has 2 aromatic carbocycles. The summed E-state index contributed by atoms with van der Waals surface area (Å²) in [4.78, 5) is 12.3. The van der Waals surface area contributed by atoms with Crippen molar-refractivity contribution in [3.8, 4) is 11.5 Å². The Morgan fingerprint density at radius 1 is 1.14 bits per heavy atom. The number of hydrogen-bond acceptors (Lipinski definition) is 3. The average molecular weight is 362 g/mol. The van der Waals surface area contributed by atoms with E-state index in [9.17, 15) is 4.79 Å². The third kappa shape index (κ3) is 3.25. The van der Waals surface area contributed by atoms with Gasteiger partial charge in [-0.2, -0.15) is 0 Å². The van der Waals surface area contributed by atoms with Gasteiger partial charge in [-0.25, -0.2) is 0 Å². The van der Waals surface area contributed by atoms with Crippen molar-refractivity contribution in [3.05, 3.63) is 58.6 Å². The van der Waals surface area contributed by atoms with Crippen molar-refractivity contribution in [1.82, 2.24) is 5.32 Å². The van der Waals surface area contributed by atoms with Gasteiger partial charge in [-0.3, -0.25) is 4.79 Å². The van der Waals surface area contributed by atoms with E-state index in [0.29, 0.717) is 18.0 Å². The maximum Gasteiger partial charge on any atom is 0.265 e. The molecule has 0 fully saturated rings. The fourth-order valence-electron chi connectivity index (χ4n) is 2.34. The van der Waals surface area contributed by atoms with Crippen LogP contribution < -0.4 is 14.8 Å². The number of para-hydroxylation sites is 2. The first-order chi connectivity index (χ1) is 10.6. The highest BCUT2D eigenvalue weighted by atomic mass is 79.9. The molecule has 0 radical (unpaired) electrons. The summed E-state index contributed by atoms with van der Waals surface area (Å²) in [5.74, 6) is 1.09. The molecule has 1 heterocycles. The first-order valence-corrected chi connectivity index (χ1v) is 7.87. The lowest BCUT2D eigenvalue weighted by Crippen LogP contribution is -2.48. The molecule has 0 aliphatic carbocycles. The number of carbonyl (C=O) groups excluding carboxylic acids is 1. The topological polar surface area (TPSA) is 47.6 Å². The lowest BCUT2D eigenvalue weighted by molar-refractivity contribution is -0.133. The van der Waals surface area contributed by atoms with Crippen molar-refractivity contribution in [2.24, 2.45) is 0 Å². The molecule has 3 rings (SSSR count). The van der Waals surface area contributed by atoms with Gasteiger partial charge < -0.3 is 14.8 Å². The number of rotatable bonds is 3. The van der Waals surface area contributed by atoms with Gasteiger partial charge in [-0.1, -0.05) is 40.2 Å². The number of amides is 1. The molecule has 0 saturated heterocycles. The Labute approximate surface area is 137 Å². The molecule has 1 N–H and O–H groups in total. The molecular weight excluding hydrogens is 346 g/mol. The Morgan fingerprint density at radius 2 is 1.86 bits per heavy atom. The lowest BCUT2D eigenvalue weighted by Gasteiger charge is -2.31. The van der Waals surface area contributed by atoms with Crippen molar-refractivity contribution >= 4 is 21.8 Å². The highest BCUT2D eigenvalue weighted by Gasteiger charge is 2.33. The Kier molecular flexibility index (Phi) is 4.34. The van der Waals surface area contributed by atoms with Crippen LogP contribution >= 0.6 is 15.9 Å². The standard InChI is InChI=1S/C17H16BrNO3/c1-11-16(22-15-8-3-2-7-14(15)21-11)17(20)19-10-12-5-4-6-13(18)9-12/h2-9,11,16H,10H2,1H3,(H,19,20). The van der Waals surface area contributed by atoms with E-state index in [1.165, 1.54) is 0 Å². The van der Waals surface area contributed by atoms with Crippen LogP contribution in [0.15, 0.2) is 53.0 Å². The number of carbonyl (C=O) groups is 1. The fourth-order valence-corrected chi connectivity index (χ4v) is 2.79. The van der Waals surface area contributed by atoms with Gasteiger partial charge in [-0.15, -0.1) is 0 Å². The zero-order chi connectivity index (χ0) is 15.5. The van der Waals surface area contributed by atoms with E-state index in [1.807, 2.05) is 49.4 Å². The minimum Gasteiger partial charge on any atom is -0.482 e.